The number of anilines is 1. The highest BCUT2D eigenvalue weighted by Crippen LogP contribution is 2.15. The van der Waals surface area contributed by atoms with E-state index in [-0.39, 0.29) is 0 Å². The van der Waals surface area contributed by atoms with Crippen LogP contribution in [0.5, 0.6) is 0 Å². The molecule has 0 bridgehead atoms. The molecule has 0 aliphatic carbocycles. The molecule has 128 valence electrons. The second-order valence-electron chi connectivity index (χ2n) is 6.26. The molecule has 4 rings (SSSR count). The smallest absolute Gasteiger partial charge is 0.154 e. The summed E-state index contributed by atoms with van der Waals surface area (Å²) >= 11 is 0. The third-order valence-corrected chi connectivity index (χ3v) is 4.41. The van der Waals surface area contributed by atoms with Crippen molar-refractivity contribution in [2.45, 2.75) is 32.4 Å². The Hall–Kier alpha value is -2.89. The Kier molecular flexibility index (Phi) is 4.59. The van der Waals surface area contributed by atoms with E-state index in [1.807, 2.05) is 35.3 Å². The lowest BCUT2D eigenvalue weighted by Gasteiger charge is -2.14. The van der Waals surface area contributed by atoms with Gasteiger partial charge in [0, 0.05) is 25.7 Å². The minimum atomic E-state index is 0.661. The van der Waals surface area contributed by atoms with Crippen LogP contribution in [0.25, 0.3) is 6.08 Å². The van der Waals surface area contributed by atoms with Crippen LogP contribution in [0.15, 0.2) is 48.8 Å². The van der Waals surface area contributed by atoms with Gasteiger partial charge < -0.3 is 9.88 Å². The molecule has 3 heterocycles. The summed E-state index contributed by atoms with van der Waals surface area (Å²) in [4.78, 5) is 0. The maximum absolute atomic E-state index is 4.43. The number of hydrogen-bond acceptors (Lipinski definition) is 4. The zero-order valence-electron chi connectivity index (χ0n) is 14.2. The molecule has 0 saturated carbocycles. The fraction of sp³-hybridized carbons (Fsp3) is 0.316. The quantitative estimate of drug-likeness (QED) is 0.753. The maximum atomic E-state index is 4.43. The highest BCUT2D eigenvalue weighted by molar-refractivity contribution is 5.50. The van der Waals surface area contributed by atoms with Crippen molar-refractivity contribution >= 4 is 11.8 Å². The summed E-state index contributed by atoms with van der Waals surface area (Å²) in [7, 11) is 0. The third kappa shape index (κ3) is 3.79. The standard InChI is InChI=1S/C19H22N6/c1-2-7-16(8-3-1)9-6-11-20-17-13-21-24(14-17)15-19-23-22-18-10-4-5-12-25(18)19/h1-3,6-9,13-14,20H,4-5,10-12,15H2/b9-6+. The number of hydrogen-bond donors (Lipinski definition) is 1. The van der Waals surface area contributed by atoms with Gasteiger partial charge >= 0.3 is 0 Å². The van der Waals surface area contributed by atoms with Gasteiger partial charge in [-0.2, -0.15) is 5.10 Å². The topological polar surface area (TPSA) is 60.6 Å². The third-order valence-electron chi connectivity index (χ3n) is 4.41. The molecule has 0 fully saturated rings. The van der Waals surface area contributed by atoms with Crippen LogP contribution in [0.3, 0.4) is 0 Å². The minimum Gasteiger partial charge on any atom is -0.379 e. The van der Waals surface area contributed by atoms with E-state index in [0.29, 0.717) is 6.54 Å². The fourth-order valence-electron chi connectivity index (χ4n) is 3.11. The number of aromatic nitrogens is 5. The summed E-state index contributed by atoms with van der Waals surface area (Å²) in [6.45, 7) is 2.45. The Labute approximate surface area is 147 Å². The normalized spacial score (nSPS) is 13.9. The Bertz CT molecular complexity index is 846. The first-order chi connectivity index (χ1) is 12.4. The van der Waals surface area contributed by atoms with Crippen molar-refractivity contribution in [3.8, 4) is 0 Å². The van der Waals surface area contributed by atoms with E-state index < -0.39 is 0 Å². The number of rotatable bonds is 6. The van der Waals surface area contributed by atoms with Gasteiger partial charge in [0.25, 0.3) is 0 Å². The molecule has 1 aromatic carbocycles. The van der Waals surface area contributed by atoms with E-state index >= 15 is 0 Å². The number of nitrogens with zero attached hydrogens (tertiary/aromatic N) is 5. The van der Waals surface area contributed by atoms with Crippen LogP contribution in [0.2, 0.25) is 0 Å². The first kappa shape index (κ1) is 15.6. The molecular weight excluding hydrogens is 312 g/mol. The Morgan fingerprint density at radius 3 is 2.96 bits per heavy atom. The summed E-state index contributed by atoms with van der Waals surface area (Å²) in [5, 5.41) is 16.4. The van der Waals surface area contributed by atoms with E-state index in [1.54, 1.807) is 0 Å². The van der Waals surface area contributed by atoms with E-state index in [4.69, 9.17) is 0 Å². The zero-order chi connectivity index (χ0) is 16.9. The summed E-state index contributed by atoms with van der Waals surface area (Å²) in [5.74, 6) is 2.10. The van der Waals surface area contributed by atoms with Gasteiger partial charge in [-0.05, 0) is 18.4 Å². The van der Waals surface area contributed by atoms with Gasteiger partial charge in [-0.1, -0.05) is 42.5 Å². The molecule has 25 heavy (non-hydrogen) atoms. The highest BCUT2D eigenvalue weighted by atomic mass is 15.3. The predicted molar refractivity (Wildman–Crippen MR) is 98.3 cm³/mol. The van der Waals surface area contributed by atoms with Crippen LogP contribution >= 0.6 is 0 Å². The molecule has 6 heteroatoms. The number of nitrogens with one attached hydrogen (secondary N) is 1. The molecule has 0 amide bonds. The lowest BCUT2D eigenvalue weighted by atomic mass is 10.2. The molecule has 1 aliphatic heterocycles. The van der Waals surface area contributed by atoms with Gasteiger partial charge in [-0.15, -0.1) is 10.2 Å². The second-order valence-corrected chi connectivity index (χ2v) is 6.26. The van der Waals surface area contributed by atoms with Crippen molar-refractivity contribution in [1.29, 1.82) is 0 Å². The van der Waals surface area contributed by atoms with Crippen LogP contribution in [-0.4, -0.2) is 31.1 Å². The largest absolute Gasteiger partial charge is 0.379 e. The van der Waals surface area contributed by atoms with E-state index in [0.717, 1.165) is 36.8 Å². The van der Waals surface area contributed by atoms with E-state index in [2.05, 4.69) is 49.5 Å². The molecule has 2 aromatic heterocycles. The molecule has 1 N–H and O–H groups in total. The zero-order valence-corrected chi connectivity index (χ0v) is 14.2. The van der Waals surface area contributed by atoms with Gasteiger partial charge in [0.1, 0.15) is 12.4 Å². The van der Waals surface area contributed by atoms with E-state index in [9.17, 15) is 0 Å². The molecule has 0 spiro atoms. The molecule has 3 aromatic rings. The first-order valence-electron chi connectivity index (χ1n) is 8.77. The maximum Gasteiger partial charge on any atom is 0.154 e. The molecule has 0 saturated heterocycles. The van der Waals surface area contributed by atoms with Crippen LogP contribution in [0.4, 0.5) is 5.69 Å². The Morgan fingerprint density at radius 1 is 1.12 bits per heavy atom. The summed E-state index contributed by atoms with van der Waals surface area (Å²) in [5.41, 5.74) is 2.22. The van der Waals surface area contributed by atoms with Gasteiger partial charge in [0.15, 0.2) is 5.82 Å². The van der Waals surface area contributed by atoms with Crippen molar-refractivity contribution in [3.63, 3.8) is 0 Å². The summed E-state index contributed by atoms with van der Waals surface area (Å²) in [6, 6.07) is 10.3. The van der Waals surface area contributed by atoms with Crippen molar-refractivity contribution in [2.75, 3.05) is 11.9 Å². The second kappa shape index (κ2) is 7.34. The molecular formula is C19H22N6. The molecule has 1 aliphatic rings. The Balaban J connectivity index is 1.33. The number of aryl methyl sites for hydroxylation is 1. The first-order valence-corrected chi connectivity index (χ1v) is 8.77. The SMILES string of the molecule is C(=C\c1ccccc1)/CNc1cnn(Cc2nnc3n2CCCC3)c1. The van der Waals surface area contributed by atoms with Crippen molar-refractivity contribution in [2.24, 2.45) is 0 Å². The molecule has 0 unspecified atom stereocenters. The van der Waals surface area contributed by atoms with Gasteiger partial charge in [0.05, 0.1) is 11.9 Å². The minimum absolute atomic E-state index is 0.661. The summed E-state index contributed by atoms with van der Waals surface area (Å²) in [6.07, 6.45) is 11.5. The number of fused-ring (bicyclic) bond motifs is 1. The average molecular weight is 334 g/mol. The lowest BCUT2D eigenvalue weighted by molar-refractivity contribution is 0.496. The van der Waals surface area contributed by atoms with Crippen LogP contribution in [0, 0.1) is 0 Å². The van der Waals surface area contributed by atoms with Gasteiger partial charge in [-0.25, -0.2) is 0 Å². The monoisotopic (exact) mass is 334 g/mol. The van der Waals surface area contributed by atoms with Crippen molar-refractivity contribution < 1.29 is 0 Å². The molecule has 0 atom stereocenters. The van der Waals surface area contributed by atoms with Crippen LogP contribution < -0.4 is 5.32 Å². The van der Waals surface area contributed by atoms with Crippen LogP contribution in [0.1, 0.15) is 30.1 Å². The summed E-state index contributed by atoms with van der Waals surface area (Å²) < 4.78 is 4.15. The van der Waals surface area contributed by atoms with Crippen molar-refractivity contribution in [3.05, 3.63) is 66.0 Å². The highest BCUT2D eigenvalue weighted by Gasteiger charge is 2.15. The molecule has 0 radical (unpaired) electrons. The predicted octanol–water partition coefficient (Wildman–Crippen LogP) is 2.98. The lowest BCUT2D eigenvalue weighted by Crippen LogP contribution is -2.15. The van der Waals surface area contributed by atoms with Crippen molar-refractivity contribution in [1.82, 2.24) is 24.5 Å². The number of benzene rings is 1. The molecule has 6 nitrogen and oxygen atoms in total. The fourth-order valence-corrected chi connectivity index (χ4v) is 3.11. The van der Waals surface area contributed by atoms with Crippen LogP contribution in [-0.2, 0) is 19.5 Å². The Morgan fingerprint density at radius 2 is 2.04 bits per heavy atom. The van der Waals surface area contributed by atoms with E-state index in [1.165, 1.54) is 18.4 Å². The van der Waals surface area contributed by atoms with Gasteiger partial charge in [-0.3, -0.25) is 4.68 Å². The van der Waals surface area contributed by atoms with Gasteiger partial charge in [0.2, 0.25) is 0 Å². The average Bonchev–Trinajstić information content (AvgIpc) is 3.27.